The molecule has 4 atom stereocenters. The summed E-state index contributed by atoms with van der Waals surface area (Å²) in [5, 5.41) is 6.32. The Labute approximate surface area is 137 Å². The molecule has 0 aliphatic carbocycles. The molecule has 3 rings (SSSR count). The highest BCUT2D eigenvalue weighted by molar-refractivity contribution is 5.82. The Balaban J connectivity index is 1.58. The first kappa shape index (κ1) is 16.4. The molecule has 0 bridgehead atoms. The van der Waals surface area contributed by atoms with Crippen LogP contribution in [-0.2, 0) is 14.3 Å². The number of benzene rings is 1. The van der Waals surface area contributed by atoms with E-state index in [0.29, 0.717) is 19.1 Å². The van der Waals surface area contributed by atoms with Crippen molar-refractivity contribution < 1.29 is 14.3 Å². The molecular formula is C18H26N2O3. The first-order chi connectivity index (χ1) is 11.3. The summed E-state index contributed by atoms with van der Waals surface area (Å²) in [4.78, 5) is 12.4. The maximum Gasteiger partial charge on any atom is 0.239 e. The van der Waals surface area contributed by atoms with Gasteiger partial charge in [-0.2, -0.15) is 0 Å². The van der Waals surface area contributed by atoms with Gasteiger partial charge < -0.3 is 20.1 Å². The van der Waals surface area contributed by atoms with E-state index in [9.17, 15) is 4.79 Å². The van der Waals surface area contributed by atoms with Gasteiger partial charge in [0.05, 0.1) is 18.8 Å². The maximum absolute atomic E-state index is 12.4. The molecule has 126 valence electrons. The summed E-state index contributed by atoms with van der Waals surface area (Å²) < 4.78 is 11.5. The van der Waals surface area contributed by atoms with Crippen LogP contribution in [0.25, 0.3) is 0 Å². The molecule has 2 heterocycles. The van der Waals surface area contributed by atoms with Crippen molar-refractivity contribution >= 4 is 5.91 Å². The maximum atomic E-state index is 12.4. The highest BCUT2D eigenvalue weighted by atomic mass is 16.5. The highest BCUT2D eigenvalue weighted by Crippen LogP contribution is 2.33. The standard InChI is InChI=1S/C18H26N2O3/c1-13-16(19-9-11-22-13)18(21)20-12-15-8-5-10-23-17(15)14-6-3-2-4-7-14/h2-4,6-7,13,15-17,19H,5,8-12H2,1H3,(H,20,21)/t13-,15?,16+,17?/m1/s1. The molecule has 0 aromatic heterocycles. The number of hydrogen-bond acceptors (Lipinski definition) is 4. The fourth-order valence-corrected chi connectivity index (χ4v) is 3.43. The third-order valence-corrected chi connectivity index (χ3v) is 4.71. The minimum absolute atomic E-state index is 0.0228. The molecule has 0 radical (unpaired) electrons. The zero-order valence-electron chi connectivity index (χ0n) is 13.7. The van der Waals surface area contributed by atoms with Gasteiger partial charge in [-0.3, -0.25) is 4.79 Å². The normalized spacial score (nSPS) is 31.5. The Kier molecular flexibility index (Phi) is 5.65. The van der Waals surface area contributed by atoms with Gasteiger partial charge in [0.1, 0.15) is 6.04 Å². The molecule has 1 amide bonds. The molecule has 0 saturated carbocycles. The van der Waals surface area contributed by atoms with Crippen molar-refractivity contribution in [2.45, 2.75) is 38.0 Å². The molecule has 2 aliphatic heterocycles. The van der Waals surface area contributed by atoms with E-state index in [1.54, 1.807) is 0 Å². The summed E-state index contributed by atoms with van der Waals surface area (Å²) in [7, 11) is 0. The third-order valence-electron chi connectivity index (χ3n) is 4.71. The van der Waals surface area contributed by atoms with Crippen LogP contribution < -0.4 is 10.6 Å². The number of carbonyl (C=O) groups is 1. The van der Waals surface area contributed by atoms with Crippen LogP contribution in [0.4, 0.5) is 0 Å². The summed E-state index contributed by atoms with van der Waals surface area (Å²) in [6.07, 6.45) is 2.10. The molecule has 0 spiro atoms. The van der Waals surface area contributed by atoms with Gasteiger partial charge in [0.25, 0.3) is 0 Å². The van der Waals surface area contributed by atoms with E-state index >= 15 is 0 Å². The topological polar surface area (TPSA) is 59.6 Å². The Morgan fingerprint density at radius 2 is 2.09 bits per heavy atom. The first-order valence-corrected chi connectivity index (χ1v) is 8.55. The van der Waals surface area contributed by atoms with E-state index in [-0.39, 0.29) is 24.2 Å². The van der Waals surface area contributed by atoms with Crippen LogP contribution in [-0.4, -0.2) is 44.4 Å². The summed E-state index contributed by atoms with van der Waals surface area (Å²) in [5.74, 6) is 0.338. The largest absolute Gasteiger partial charge is 0.375 e. The fraction of sp³-hybridized carbons (Fsp3) is 0.611. The average molecular weight is 318 g/mol. The Morgan fingerprint density at radius 3 is 2.87 bits per heavy atom. The molecule has 1 aromatic rings. The van der Waals surface area contributed by atoms with Crippen LogP contribution in [0.2, 0.25) is 0 Å². The molecule has 5 heteroatoms. The lowest BCUT2D eigenvalue weighted by atomic mass is 9.89. The van der Waals surface area contributed by atoms with Gasteiger partial charge in [-0.05, 0) is 25.3 Å². The van der Waals surface area contributed by atoms with Gasteiger partial charge in [-0.1, -0.05) is 30.3 Å². The van der Waals surface area contributed by atoms with Crippen LogP contribution in [0.1, 0.15) is 31.4 Å². The first-order valence-electron chi connectivity index (χ1n) is 8.55. The van der Waals surface area contributed by atoms with Crippen LogP contribution in [0, 0.1) is 5.92 Å². The minimum Gasteiger partial charge on any atom is -0.375 e. The zero-order chi connectivity index (χ0) is 16.1. The number of amides is 1. The van der Waals surface area contributed by atoms with Crippen LogP contribution in [0.3, 0.4) is 0 Å². The summed E-state index contributed by atoms with van der Waals surface area (Å²) in [6, 6.07) is 10.0. The lowest BCUT2D eigenvalue weighted by molar-refractivity contribution is -0.129. The molecule has 2 unspecified atom stereocenters. The van der Waals surface area contributed by atoms with Crippen molar-refractivity contribution in [2.75, 3.05) is 26.3 Å². The van der Waals surface area contributed by atoms with Crippen molar-refractivity contribution in [1.82, 2.24) is 10.6 Å². The Hall–Kier alpha value is -1.43. The zero-order valence-corrected chi connectivity index (χ0v) is 13.7. The van der Waals surface area contributed by atoms with Crippen molar-refractivity contribution in [2.24, 2.45) is 5.92 Å². The quantitative estimate of drug-likeness (QED) is 0.886. The summed E-state index contributed by atoms with van der Waals surface area (Å²) in [5.41, 5.74) is 1.19. The fourth-order valence-electron chi connectivity index (χ4n) is 3.43. The van der Waals surface area contributed by atoms with Crippen LogP contribution >= 0.6 is 0 Å². The van der Waals surface area contributed by atoms with Crippen molar-refractivity contribution in [3.63, 3.8) is 0 Å². The number of hydrogen-bond donors (Lipinski definition) is 2. The molecule has 23 heavy (non-hydrogen) atoms. The SMILES string of the molecule is C[C@H]1OCCN[C@@H]1C(=O)NCC1CCCOC1c1ccccc1. The lowest BCUT2D eigenvalue weighted by Crippen LogP contribution is -2.56. The summed E-state index contributed by atoms with van der Waals surface area (Å²) in [6.45, 7) is 4.76. The molecule has 2 N–H and O–H groups in total. The highest BCUT2D eigenvalue weighted by Gasteiger charge is 2.31. The van der Waals surface area contributed by atoms with E-state index in [1.165, 1.54) is 5.56 Å². The number of ether oxygens (including phenoxy) is 2. The lowest BCUT2D eigenvalue weighted by Gasteiger charge is -2.34. The smallest absolute Gasteiger partial charge is 0.239 e. The average Bonchev–Trinajstić information content (AvgIpc) is 2.61. The molecule has 2 fully saturated rings. The minimum atomic E-state index is -0.261. The number of rotatable bonds is 4. The van der Waals surface area contributed by atoms with Crippen molar-refractivity contribution in [3.05, 3.63) is 35.9 Å². The predicted molar refractivity (Wildman–Crippen MR) is 88.1 cm³/mol. The number of morpholine rings is 1. The number of carbonyl (C=O) groups excluding carboxylic acids is 1. The van der Waals surface area contributed by atoms with E-state index < -0.39 is 0 Å². The molecule has 2 saturated heterocycles. The molecule has 2 aliphatic rings. The van der Waals surface area contributed by atoms with E-state index in [2.05, 4.69) is 22.8 Å². The second-order valence-corrected chi connectivity index (χ2v) is 6.36. The van der Waals surface area contributed by atoms with Gasteiger partial charge in [-0.15, -0.1) is 0 Å². The van der Waals surface area contributed by atoms with Gasteiger partial charge in [0.15, 0.2) is 0 Å². The van der Waals surface area contributed by atoms with Crippen LogP contribution in [0.5, 0.6) is 0 Å². The number of nitrogens with one attached hydrogen (secondary N) is 2. The third kappa shape index (κ3) is 4.10. The van der Waals surface area contributed by atoms with E-state index in [1.807, 2.05) is 25.1 Å². The van der Waals surface area contributed by atoms with Gasteiger partial charge >= 0.3 is 0 Å². The van der Waals surface area contributed by atoms with Gasteiger partial charge in [0, 0.05) is 25.6 Å². The monoisotopic (exact) mass is 318 g/mol. The Morgan fingerprint density at radius 1 is 1.26 bits per heavy atom. The van der Waals surface area contributed by atoms with Crippen LogP contribution in [0.15, 0.2) is 30.3 Å². The van der Waals surface area contributed by atoms with Gasteiger partial charge in [-0.25, -0.2) is 0 Å². The second kappa shape index (κ2) is 7.90. The molecule has 1 aromatic carbocycles. The van der Waals surface area contributed by atoms with Crippen molar-refractivity contribution in [3.8, 4) is 0 Å². The molecular weight excluding hydrogens is 292 g/mol. The van der Waals surface area contributed by atoms with Crippen molar-refractivity contribution in [1.29, 1.82) is 0 Å². The predicted octanol–water partition coefficient (Wildman–Crippen LogP) is 1.65. The summed E-state index contributed by atoms with van der Waals surface area (Å²) >= 11 is 0. The Bertz CT molecular complexity index is 508. The molecule has 5 nitrogen and oxygen atoms in total. The van der Waals surface area contributed by atoms with Gasteiger partial charge in [0.2, 0.25) is 5.91 Å². The second-order valence-electron chi connectivity index (χ2n) is 6.36. The van der Waals surface area contributed by atoms with E-state index in [0.717, 1.165) is 26.0 Å². The van der Waals surface area contributed by atoms with E-state index in [4.69, 9.17) is 9.47 Å².